The monoisotopic (exact) mass is 285 g/mol. The molecule has 5 nitrogen and oxygen atoms in total. The molecule has 1 atom stereocenters. The highest BCUT2D eigenvalue weighted by atomic mass is 16.6. The first-order chi connectivity index (χ1) is 10.3. The van der Waals surface area contributed by atoms with Crippen molar-refractivity contribution >= 4 is 16.6 Å². The number of hydrogen-bond acceptors (Lipinski definition) is 5. The Labute approximate surface area is 123 Å². The molecule has 1 aromatic carbocycles. The smallest absolute Gasteiger partial charge is 0.162 e. The van der Waals surface area contributed by atoms with Crippen LogP contribution in [-0.4, -0.2) is 43.9 Å². The number of nitrogens with one attached hydrogen (secondary N) is 1. The Morgan fingerprint density at radius 1 is 1.24 bits per heavy atom. The summed E-state index contributed by atoms with van der Waals surface area (Å²) in [5.74, 6) is 2.70. The van der Waals surface area contributed by atoms with Gasteiger partial charge in [-0.2, -0.15) is 0 Å². The summed E-state index contributed by atoms with van der Waals surface area (Å²) in [6.07, 6.45) is 1.88. The maximum Gasteiger partial charge on any atom is 0.162 e. The number of benzene rings is 1. The summed E-state index contributed by atoms with van der Waals surface area (Å²) in [4.78, 5) is 7.00. The third-order valence-corrected chi connectivity index (χ3v) is 4.18. The van der Waals surface area contributed by atoms with E-state index in [-0.39, 0.29) is 0 Å². The van der Waals surface area contributed by atoms with Crippen LogP contribution in [0.3, 0.4) is 0 Å². The van der Waals surface area contributed by atoms with E-state index in [2.05, 4.69) is 34.3 Å². The first kappa shape index (κ1) is 12.7. The van der Waals surface area contributed by atoms with Crippen LogP contribution < -0.4 is 19.7 Å². The Bertz CT molecular complexity index is 674. The van der Waals surface area contributed by atoms with E-state index in [9.17, 15) is 0 Å². The second-order valence-electron chi connectivity index (χ2n) is 5.60. The molecule has 0 saturated carbocycles. The molecule has 110 valence electrons. The number of nitrogens with zero attached hydrogens (tertiary/aromatic N) is 2. The lowest BCUT2D eigenvalue weighted by Gasteiger charge is -2.35. The largest absolute Gasteiger partial charge is 0.486 e. The Morgan fingerprint density at radius 2 is 2.05 bits per heavy atom. The zero-order chi connectivity index (χ0) is 14.2. The average Bonchev–Trinajstić information content (AvgIpc) is 2.53. The molecule has 0 aliphatic carbocycles. The fourth-order valence-corrected chi connectivity index (χ4v) is 3.08. The number of fused-ring (bicyclic) bond motifs is 2. The maximum absolute atomic E-state index is 5.72. The lowest BCUT2D eigenvalue weighted by atomic mass is 10.1. The molecule has 0 bridgehead atoms. The van der Waals surface area contributed by atoms with Gasteiger partial charge in [-0.1, -0.05) is 0 Å². The van der Waals surface area contributed by atoms with E-state index in [1.165, 1.54) is 0 Å². The molecule has 21 heavy (non-hydrogen) atoms. The average molecular weight is 285 g/mol. The van der Waals surface area contributed by atoms with Crippen molar-refractivity contribution in [1.29, 1.82) is 0 Å². The van der Waals surface area contributed by atoms with E-state index in [0.717, 1.165) is 47.7 Å². The Morgan fingerprint density at radius 3 is 2.86 bits per heavy atom. The summed E-state index contributed by atoms with van der Waals surface area (Å²) in [6, 6.07) is 6.59. The van der Waals surface area contributed by atoms with Gasteiger partial charge < -0.3 is 19.7 Å². The molecule has 3 heterocycles. The number of piperazine rings is 1. The summed E-state index contributed by atoms with van der Waals surface area (Å²) >= 11 is 0. The standard InChI is InChI=1S/C16H19N3O2/c1-11-10-17-4-5-19(11)16-13-9-15-14(20-6-7-21-15)8-12(13)2-3-18-16/h2-3,8-9,11,17H,4-7,10H2,1H3. The minimum atomic E-state index is 0.435. The SMILES string of the molecule is CC1CNCCN1c1nccc2cc3c(cc12)OCCO3. The van der Waals surface area contributed by atoms with Gasteiger partial charge in [0.05, 0.1) is 0 Å². The van der Waals surface area contributed by atoms with E-state index in [1.807, 2.05) is 12.3 Å². The molecular formula is C16H19N3O2. The van der Waals surface area contributed by atoms with Crippen LogP contribution >= 0.6 is 0 Å². The predicted octanol–water partition coefficient (Wildman–Crippen LogP) is 1.80. The second-order valence-corrected chi connectivity index (χ2v) is 5.60. The Hall–Kier alpha value is -2.01. The van der Waals surface area contributed by atoms with Crippen LogP contribution in [0.1, 0.15) is 6.92 Å². The van der Waals surface area contributed by atoms with Crippen molar-refractivity contribution < 1.29 is 9.47 Å². The van der Waals surface area contributed by atoms with E-state index in [4.69, 9.17) is 9.47 Å². The normalized spacial score (nSPS) is 21.6. The van der Waals surface area contributed by atoms with Crippen molar-refractivity contribution in [3.8, 4) is 11.5 Å². The van der Waals surface area contributed by atoms with Gasteiger partial charge in [-0.3, -0.25) is 0 Å². The quantitative estimate of drug-likeness (QED) is 0.866. The van der Waals surface area contributed by atoms with Crippen molar-refractivity contribution in [3.05, 3.63) is 24.4 Å². The number of anilines is 1. The maximum atomic E-state index is 5.72. The molecule has 0 spiro atoms. The first-order valence-electron chi connectivity index (χ1n) is 7.48. The topological polar surface area (TPSA) is 46.6 Å². The van der Waals surface area contributed by atoms with Crippen LogP contribution in [0.15, 0.2) is 24.4 Å². The van der Waals surface area contributed by atoms with Crippen molar-refractivity contribution in [2.75, 3.05) is 37.7 Å². The third kappa shape index (κ3) is 2.17. The van der Waals surface area contributed by atoms with E-state index in [0.29, 0.717) is 19.3 Å². The van der Waals surface area contributed by atoms with Gasteiger partial charge in [-0.25, -0.2) is 4.98 Å². The summed E-state index contributed by atoms with van der Waals surface area (Å²) in [7, 11) is 0. The molecule has 5 heteroatoms. The highest BCUT2D eigenvalue weighted by Crippen LogP contribution is 2.37. The number of aromatic nitrogens is 1. The zero-order valence-electron chi connectivity index (χ0n) is 12.1. The zero-order valence-corrected chi connectivity index (χ0v) is 12.1. The van der Waals surface area contributed by atoms with Crippen LogP contribution in [0.5, 0.6) is 11.5 Å². The second kappa shape index (κ2) is 5.07. The number of rotatable bonds is 1. The number of ether oxygens (including phenoxy) is 2. The minimum Gasteiger partial charge on any atom is -0.486 e. The van der Waals surface area contributed by atoms with E-state index >= 15 is 0 Å². The molecule has 1 aromatic heterocycles. The molecule has 0 amide bonds. The van der Waals surface area contributed by atoms with E-state index < -0.39 is 0 Å². The van der Waals surface area contributed by atoms with Gasteiger partial charge in [0, 0.05) is 37.3 Å². The van der Waals surface area contributed by atoms with Crippen molar-refractivity contribution in [2.45, 2.75) is 13.0 Å². The van der Waals surface area contributed by atoms with Crippen molar-refractivity contribution in [2.24, 2.45) is 0 Å². The first-order valence-corrected chi connectivity index (χ1v) is 7.48. The minimum absolute atomic E-state index is 0.435. The van der Waals surface area contributed by atoms with Crippen LogP contribution in [0.25, 0.3) is 10.8 Å². The van der Waals surface area contributed by atoms with Gasteiger partial charge >= 0.3 is 0 Å². The molecule has 1 unspecified atom stereocenters. The Balaban J connectivity index is 1.85. The molecule has 1 fully saturated rings. The summed E-state index contributed by atoms with van der Waals surface area (Å²) in [6.45, 7) is 6.41. The number of hydrogen-bond donors (Lipinski definition) is 1. The highest BCUT2D eigenvalue weighted by molar-refractivity contribution is 5.94. The molecule has 2 aliphatic heterocycles. The molecule has 2 aromatic rings. The van der Waals surface area contributed by atoms with Crippen LogP contribution in [-0.2, 0) is 0 Å². The predicted molar refractivity (Wildman–Crippen MR) is 82.4 cm³/mol. The number of pyridine rings is 1. The van der Waals surface area contributed by atoms with Crippen molar-refractivity contribution in [3.63, 3.8) is 0 Å². The van der Waals surface area contributed by atoms with Gasteiger partial charge in [0.2, 0.25) is 0 Å². The van der Waals surface area contributed by atoms with Crippen molar-refractivity contribution in [1.82, 2.24) is 10.3 Å². The van der Waals surface area contributed by atoms with Crippen LogP contribution in [0.4, 0.5) is 5.82 Å². The van der Waals surface area contributed by atoms with Gasteiger partial charge in [0.1, 0.15) is 19.0 Å². The fraction of sp³-hybridized carbons (Fsp3) is 0.438. The molecule has 0 radical (unpaired) electrons. The van der Waals surface area contributed by atoms with Crippen LogP contribution in [0, 0.1) is 0 Å². The van der Waals surface area contributed by atoms with Gasteiger partial charge in [0.25, 0.3) is 0 Å². The summed E-state index contributed by atoms with van der Waals surface area (Å²) in [5, 5.41) is 5.70. The van der Waals surface area contributed by atoms with Crippen LogP contribution in [0.2, 0.25) is 0 Å². The Kier molecular flexibility index (Phi) is 3.07. The van der Waals surface area contributed by atoms with E-state index in [1.54, 1.807) is 0 Å². The molecule has 2 aliphatic rings. The van der Waals surface area contributed by atoms with Gasteiger partial charge in [0.15, 0.2) is 11.5 Å². The molecular weight excluding hydrogens is 266 g/mol. The molecule has 1 saturated heterocycles. The molecule has 1 N–H and O–H groups in total. The molecule has 4 rings (SSSR count). The lowest BCUT2D eigenvalue weighted by Crippen LogP contribution is -2.50. The lowest BCUT2D eigenvalue weighted by molar-refractivity contribution is 0.172. The highest BCUT2D eigenvalue weighted by Gasteiger charge is 2.22. The fourth-order valence-electron chi connectivity index (χ4n) is 3.08. The summed E-state index contributed by atoms with van der Waals surface area (Å²) < 4.78 is 11.4. The van der Waals surface area contributed by atoms with Gasteiger partial charge in [-0.15, -0.1) is 0 Å². The summed E-state index contributed by atoms with van der Waals surface area (Å²) in [5.41, 5.74) is 0. The van der Waals surface area contributed by atoms with Gasteiger partial charge in [-0.05, 0) is 30.5 Å². The third-order valence-electron chi connectivity index (χ3n) is 4.18.